The molecule has 0 aliphatic carbocycles. The number of aliphatic hydroxyl groups excluding tert-OH is 1. The second kappa shape index (κ2) is 37.9. The maximum Gasteiger partial charge on any atom is 0.276 e. The zero-order valence-corrected chi connectivity index (χ0v) is 68.3. The van der Waals surface area contributed by atoms with Crippen molar-refractivity contribution in [3.05, 3.63) is 345 Å². The smallest absolute Gasteiger partial charge is 0.276 e. The van der Waals surface area contributed by atoms with Gasteiger partial charge >= 0.3 is 0 Å². The molecule has 9 heterocycles. The number of hydrogen-bond donors (Lipinski definition) is 10. The number of anilines is 5. The van der Waals surface area contributed by atoms with Gasteiger partial charge in [-0.25, -0.2) is 13.2 Å². The first-order valence-corrected chi connectivity index (χ1v) is 39.6. The van der Waals surface area contributed by atoms with E-state index in [1.54, 1.807) is 145 Å². The fraction of sp³-hybridized carbons (Fsp3) is 0.217. The minimum atomic E-state index is -0.709. The van der Waals surface area contributed by atoms with Gasteiger partial charge in [0, 0.05) is 119 Å². The van der Waals surface area contributed by atoms with Gasteiger partial charge in [-0.15, -0.1) is 0 Å². The van der Waals surface area contributed by atoms with Gasteiger partial charge in [-0.3, -0.25) is 57.2 Å². The Morgan fingerprint density at radius 2 is 0.797 bits per heavy atom. The van der Waals surface area contributed by atoms with Gasteiger partial charge in [0.2, 0.25) is 17.7 Å². The number of benzene rings is 6. The number of rotatable bonds is 23. The van der Waals surface area contributed by atoms with E-state index >= 15 is 0 Å². The molecular weight excluding hydrogens is 1570 g/mol. The molecule has 4 atom stereocenters. The zero-order chi connectivity index (χ0) is 87.4. The second-order valence-corrected chi connectivity index (χ2v) is 30.4. The van der Waals surface area contributed by atoms with E-state index in [0.29, 0.717) is 92.7 Å². The number of aromatic amines is 3. The Kier molecular flexibility index (Phi) is 26.5. The molecule has 6 aromatic heterocycles. The number of halogens is 3. The third kappa shape index (κ3) is 20.1. The van der Waals surface area contributed by atoms with Gasteiger partial charge in [0.1, 0.15) is 34.5 Å². The van der Waals surface area contributed by atoms with Crippen LogP contribution in [0.5, 0.6) is 0 Å². The number of aromatic nitrogens is 9. The molecule has 12 aromatic rings. The van der Waals surface area contributed by atoms with E-state index in [2.05, 4.69) is 71.7 Å². The highest BCUT2D eigenvalue weighted by molar-refractivity contribution is 6.07. The highest BCUT2D eigenvalue weighted by Crippen LogP contribution is 2.37. The lowest BCUT2D eigenvalue weighted by molar-refractivity contribution is -0.116. The van der Waals surface area contributed by atoms with Crippen molar-refractivity contribution < 1.29 is 61.4 Å². The van der Waals surface area contributed by atoms with Crippen LogP contribution in [0.15, 0.2) is 220 Å². The van der Waals surface area contributed by atoms with Gasteiger partial charge in [-0.05, 0) is 182 Å². The number of carbonyl (C=O) groups excluding carboxylic acids is 9. The number of aliphatic hydroxyl groups is 1. The van der Waals surface area contributed by atoms with Crippen LogP contribution in [0.4, 0.5) is 41.6 Å². The summed E-state index contributed by atoms with van der Waals surface area (Å²) in [5.74, 6) is -5.27. The summed E-state index contributed by atoms with van der Waals surface area (Å²) in [5, 5.41) is 40.4. The van der Waals surface area contributed by atoms with Gasteiger partial charge in [0.05, 0.1) is 56.7 Å². The quantitative estimate of drug-likeness (QED) is 0.0267. The molecule has 10 N–H and O–H groups in total. The van der Waals surface area contributed by atoms with Gasteiger partial charge in [0.15, 0.2) is 17.1 Å². The number of H-pyrrole nitrogens is 3. The fourth-order valence-corrected chi connectivity index (χ4v) is 15.4. The molecule has 0 fully saturated rings. The average molecular weight is 1670 g/mol. The molecule has 0 radical (unpaired) electrons. The number of amides is 9. The highest BCUT2D eigenvalue weighted by atomic mass is 19.1. The van der Waals surface area contributed by atoms with Crippen LogP contribution in [-0.4, -0.2) is 137 Å². The Labute approximate surface area is 706 Å². The Morgan fingerprint density at radius 1 is 0.447 bits per heavy atom. The molecule has 630 valence electrons. The third-order valence-corrected chi connectivity index (χ3v) is 21.1. The fourth-order valence-electron chi connectivity index (χ4n) is 15.4. The number of hydrogen-bond acceptors (Lipinski definition) is 13. The number of aryl methyl sites for hydroxylation is 2. The van der Waals surface area contributed by atoms with E-state index in [1.807, 2.05) is 77.1 Å². The van der Waals surface area contributed by atoms with Gasteiger partial charge < -0.3 is 66.7 Å². The third-order valence-electron chi connectivity index (χ3n) is 21.1. The van der Waals surface area contributed by atoms with Crippen molar-refractivity contribution in [1.29, 1.82) is 0 Å². The molecule has 6 aromatic carbocycles. The van der Waals surface area contributed by atoms with E-state index in [9.17, 15) is 61.4 Å². The van der Waals surface area contributed by atoms with Crippen molar-refractivity contribution in [2.24, 2.45) is 0 Å². The van der Waals surface area contributed by atoms with Crippen LogP contribution >= 0.6 is 0 Å². The van der Waals surface area contributed by atoms with E-state index in [1.165, 1.54) is 30.3 Å². The molecule has 0 spiro atoms. The molecular formula is C92H91F3N18O10. The largest absolute Gasteiger partial charge is 0.389 e. The monoisotopic (exact) mass is 1660 g/mol. The predicted octanol–water partition coefficient (Wildman–Crippen LogP) is 14.0. The molecule has 123 heavy (non-hydrogen) atoms. The van der Waals surface area contributed by atoms with Crippen LogP contribution in [0.2, 0.25) is 0 Å². The Balaban J connectivity index is 0.000000159. The predicted molar refractivity (Wildman–Crippen MR) is 458 cm³/mol. The second-order valence-electron chi connectivity index (χ2n) is 30.4. The summed E-state index contributed by atoms with van der Waals surface area (Å²) in [5.41, 5.74) is 13.2. The molecule has 0 saturated heterocycles. The van der Waals surface area contributed by atoms with Crippen LogP contribution in [0.25, 0.3) is 0 Å². The number of nitrogens with one attached hydrogen (secondary N) is 9. The molecule has 15 rings (SSSR count). The summed E-state index contributed by atoms with van der Waals surface area (Å²) in [4.78, 5) is 129. The van der Waals surface area contributed by atoms with E-state index < -0.39 is 47.2 Å². The molecule has 28 nitrogen and oxygen atoms in total. The summed E-state index contributed by atoms with van der Waals surface area (Å²) >= 11 is 0. The molecule has 3 unspecified atom stereocenters. The van der Waals surface area contributed by atoms with Crippen LogP contribution < -0.4 is 31.9 Å². The number of carbonyl (C=O) groups is 9. The van der Waals surface area contributed by atoms with Crippen LogP contribution in [0.1, 0.15) is 187 Å². The van der Waals surface area contributed by atoms with Crippen LogP contribution in [0, 0.1) is 31.3 Å². The minimum Gasteiger partial charge on any atom is -0.389 e. The standard InChI is InChI=1S/C31H31FN6O4.C31H31FN6O3.C30H29FN6O3/c1-4-27(40)35-26-13-20(10-11-24(26)32)16-38-29-18(2)15-37(31(42)25-9-6-12-33-25)17-23(29)28(36-38)30(41)34-22-8-5-7-21(14-22)19(3)39;1-4-27(39)34-15-22-14-21(10-11-25(22)32)17-38-29-20(3)16-37(31(41)26-9-6-12-33-26)18-24(29)28(36-38)30(40)35-23-8-5-7-19(2)13-23;1-4-26(38)34-25-14-20(10-11-23(25)31)16-37-28-19(3)15-36(30(40)24-9-6-12-32-24)17-22(28)27(35-37)29(39)33-21-8-5-7-18(2)13-21/h4-14,18-19,33,39H,1,15-17H2,2-3H3,(H,34,41)(H,35,40);4-14,20,33H,1,15-18H2,2-3H3,(H,34,39)(H,35,40);4-14,19,32H,1,15-17H2,2-3H3,(H,33,39)(H,34,38)/t18?,19-;;/m0../s1. The molecule has 3 aliphatic rings. The van der Waals surface area contributed by atoms with E-state index in [-0.39, 0.29) is 122 Å². The van der Waals surface area contributed by atoms with E-state index in [0.717, 1.165) is 52.0 Å². The van der Waals surface area contributed by atoms with Gasteiger partial charge in [-0.2, -0.15) is 15.3 Å². The topological polar surface area (TPSA) is 357 Å². The zero-order valence-electron chi connectivity index (χ0n) is 68.3. The highest BCUT2D eigenvalue weighted by Gasteiger charge is 2.39. The van der Waals surface area contributed by atoms with Crippen molar-refractivity contribution in [1.82, 2.24) is 64.3 Å². The Bertz CT molecular complexity index is 6040. The van der Waals surface area contributed by atoms with Crippen LogP contribution in [0.3, 0.4) is 0 Å². The molecule has 0 saturated carbocycles. The van der Waals surface area contributed by atoms with Gasteiger partial charge in [0.25, 0.3) is 35.4 Å². The summed E-state index contributed by atoms with van der Waals surface area (Å²) in [6.07, 6.45) is 7.62. The lowest BCUT2D eigenvalue weighted by Gasteiger charge is -2.32. The van der Waals surface area contributed by atoms with Gasteiger partial charge in [-0.1, -0.05) is 95.1 Å². The molecule has 31 heteroatoms. The minimum absolute atomic E-state index is 0.00477. The lowest BCUT2D eigenvalue weighted by Crippen LogP contribution is -2.38. The SMILES string of the molecule is C=CC(=O)NCc1cc(Cn2nc(C(=O)Nc3cccc(C)c3)c3c2C(C)CN(C(=O)c2ccc[nH]2)C3)ccc1F.C=CC(=O)Nc1cc(Cn2nc(C(=O)Nc3cccc(C)c3)c3c2C(C)CN(C(=O)c2ccc[nH]2)C3)ccc1F.C=CC(=O)Nc1cc(Cn2nc(C(=O)Nc3cccc([C@H](C)O)c3)c3c2C(C)CN(C(=O)c2ccc[nH]2)C3)ccc1F. The maximum absolute atomic E-state index is 14.5. The van der Waals surface area contributed by atoms with Crippen LogP contribution in [-0.2, 0) is 60.2 Å². The first-order valence-electron chi connectivity index (χ1n) is 39.6. The summed E-state index contributed by atoms with van der Waals surface area (Å²) in [6, 6.07) is 45.7. The van der Waals surface area contributed by atoms with Crippen molar-refractivity contribution in [3.8, 4) is 0 Å². The number of fused-ring (bicyclic) bond motifs is 3. The normalized spacial score (nSPS) is 14.6. The summed E-state index contributed by atoms with van der Waals surface area (Å²) in [7, 11) is 0. The van der Waals surface area contributed by atoms with Crippen molar-refractivity contribution in [2.45, 2.75) is 111 Å². The lowest BCUT2D eigenvalue weighted by atomic mass is 9.95. The molecule has 3 aliphatic heterocycles. The van der Waals surface area contributed by atoms with E-state index in [4.69, 9.17) is 10.2 Å². The molecule has 9 amide bonds. The van der Waals surface area contributed by atoms with Crippen molar-refractivity contribution in [3.63, 3.8) is 0 Å². The van der Waals surface area contributed by atoms with Crippen molar-refractivity contribution >= 4 is 81.6 Å². The Morgan fingerprint density at radius 3 is 1.14 bits per heavy atom. The number of nitrogens with zero attached hydrogens (tertiary/aromatic N) is 9. The maximum atomic E-state index is 14.5. The first-order chi connectivity index (χ1) is 59.1. The Hall–Kier alpha value is -15.0. The summed E-state index contributed by atoms with van der Waals surface area (Å²) in [6.45, 7) is 24.2. The molecule has 0 bridgehead atoms. The first kappa shape index (κ1) is 85.9. The van der Waals surface area contributed by atoms with Crippen molar-refractivity contribution in [2.75, 3.05) is 46.2 Å². The average Bonchev–Trinajstić information content (AvgIpc) is 1.62. The summed E-state index contributed by atoms with van der Waals surface area (Å²) < 4.78 is 48.4.